The molecule has 0 aliphatic carbocycles. The van der Waals surface area contributed by atoms with Gasteiger partial charge in [0.15, 0.2) is 0 Å². The minimum absolute atomic E-state index is 0.110. The van der Waals surface area contributed by atoms with Gasteiger partial charge >= 0.3 is 0 Å². The first-order valence-electron chi connectivity index (χ1n) is 8.71. The van der Waals surface area contributed by atoms with Crippen molar-refractivity contribution in [1.29, 1.82) is 0 Å². The smallest absolute Gasteiger partial charge is 0.251 e. The topological polar surface area (TPSA) is 60.5 Å². The third-order valence-electron chi connectivity index (χ3n) is 4.27. The summed E-state index contributed by atoms with van der Waals surface area (Å²) in [7, 11) is 3.27. The molecule has 1 amide bonds. The van der Waals surface area contributed by atoms with Crippen molar-refractivity contribution < 1.29 is 14.3 Å². The molecule has 5 heteroatoms. The molecule has 27 heavy (non-hydrogen) atoms. The lowest BCUT2D eigenvalue weighted by molar-refractivity contribution is 0.0954. The number of carbonyl (C=O) groups is 1. The van der Waals surface area contributed by atoms with Crippen LogP contribution < -0.4 is 14.8 Å². The van der Waals surface area contributed by atoms with Gasteiger partial charge in [0.25, 0.3) is 5.91 Å². The lowest BCUT2D eigenvalue weighted by Gasteiger charge is -2.08. The van der Waals surface area contributed by atoms with Gasteiger partial charge in [-0.3, -0.25) is 9.78 Å². The molecule has 138 valence electrons. The maximum atomic E-state index is 12.4. The highest BCUT2D eigenvalue weighted by Gasteiger charge is 2.08. The van der Waals surface area contributed by atoms with Crippen LogP contribution in [0.1, 0.15) is 15.9 Å². The Kier molecular flexibility index (Phi) is 6.05. The highest BCUT2D eigenvalue weighted by atomic mass is 16.5. The Labute approximate surface area is 159 Å². The number of rotatable bonds is 7. The van der Waals surface area contributed by atoms with E-state index in [2.05, 4.69) is 10.3 Å². The van der Waals surface area contributed by atoms with Gasteiger partial charge in [0.1, 0.15) is 11.5 Å². The second-order valence-electron chi connectivity index (χ2n) is 6.01. The third kappa shape index (κ3) is 4.85. The fourth-order valence-electron chi connectivity index (χ4n) is 2.71. The Hall–Kier alpha value is -3.34. The Balaban J connectivity index is 1.60. The molecule has 0 atom stereocenters. The fourth-order valence-corrected chi connectivity index (χ4v) is 2.71. The van der Waals surface area contributed by atoms with Crippen LogP contribution in [0.25, 0.3) is 11.3 Å². The van der Waals surface area contributed by atoms with Gasteiger partial charge < -0.3 is 14.8 Å². The van der Waals surface area contributed by atoms with Gasteiger partial charge in [-0.1, -0.05) is 12.1 Å². The minimum Gasteiger partial charge on any atom is -0.497 e. The molecule has 1 aromatic heterocycles. The van der Waals surface area contributed by atoms with Crippen molar-refractivity contribution >= 4 is 5.91 Å². The fraction of sp³-hybridized carbons (Fsp3) is 0.182. The predicted molar refractivity (Wildman–Crippen MR) is 105 cm³/mol. The third-order valence-corrected chi connectivity index (χ3v) is 4.27. The summed E-state index contributed by atoms with van der Waals surface area (Å²) in [5.74, 6) is 1.50. The standard InChI is InChI=1S/C22H22N2O3/c1-26-19-7-3-16(4-8-19)11-13-24-22(25)18-12-14-23-21(15-18)17-5-9-20(27-2)10-6-17/h3-10,12,14-15H,11,13H2,1-2H3,(H,24,25). The van der Waals surface area contributed by atoms with Crippen molar-refractivity contribution in [3.63, 3.8) is 0 Å². The van der Waals surface area contributed by atoms with E-state index in [9.17, 15) is 4.79 Å². The quantitative estimate of drug-likeness (QED) is 0.696. The van der Waals surface area contributed by atoms with Gasteiger partial charge in [-0.2, -0.15) is 0 Å². The van der Waals surface area contributed by atoms with Crippen molar-refractivity contribution in [2.45, 2.75) is 6.42 Å². The normalized spacial score (nSPS) is 10.3. The molecule has 0 radical (unpaired) electrons. The molecule has 2 aromatic carbocycles. The van der Waals surface area contributed by atoms with Gasteiger partial charge in [-0.15, -0.1) is 0 Å². The van der Waals surface area contributed by atoms with Gasteiger partial charge in [0, 0.05) is 23.9 Å². The van der Waals surface area contributed by atoms with Crippen LogP contribution in [0.2, 0.25) is 0 Å². The van der Waals surface area contributed by atoms with E-state index < -0.39 is 0 Å². The molecule has 0 aliphatic rings. The summed E-state index contributed by atoms with van der Waals surface area (Å²) in [6.07, 6.45) is 2.41. The number of nitrogens with zero attached hydrogens (tertiary/aromatic N) is 1. The Morgan fingerprint density at radius 2 is 1.56 bits per heavy atom. The van der Waals surface area contributed by atoms with E-state index in [0.717, 1.165) is 34.7 Å². The zero-order valence-electron chi connectivity index (χ0n) is 15.4. The van der Waals surface area contributed by atoms with Gasteiger partial charge in [0.05, 0.1) is 19.9 Å². The van der Waals surface area contributed by atoms with Crippen LogP contribution in [0.4, 0.5) is 0 Å². The minimum atomic E-state index is -0.110. The molecular formula is C22H22N2O3. The lowest BCUT2D eigenvalue weighted by Crippen LogP contribution is -2.25. The molecule has 0 unspecified atom stereocenters. The summed E-state index contributed by atoms with van der Waals surface area (Å²) in [5, 5.41) is 2.95. The van der Waals surface area contributed by atoms with Crippen molar-refractivity contribution in [2.75, 3.05) is 20.8 Å². The second-order valence-corrected chi connectivity index (χ2v) is 6.01. The number of methoxy groups -OCH3 is 2. The molecule has 1 heterocycles. The average Bonchev–Trinajstić information content (AvgIpc) is 2.74. The molecule has 3 rings (SSSR count). The number of ether oxygens (including phenoxy) is 2. The van der Waals surface area contributed by atoms with E-state index in [1.54, 1.807) is 32.5 Å². The van der Waals surface area contributed by atoms with E-state index in [4.69, 9.17) is 9.47 Å². The van der Waals surface area contributed by atoms with Crippen molar-refractivity contribution in [3.8, 4) is 22.8 Å². The summed E-state index contributed by atoms with van der Waals surface area (Å²) in [6, 6.07) is 18.9. The van der Waals surface area contributed by atoms with Crippen molar-refractivity contribution in [1.82, 2.24) is 10.3 Å². The Bertz CT molecular complexity index is 890. The van der Waals surface area contributed by atoms with Crippen molar-refractivity contribution in [2.24, 2.45) is 0 Å². The predicted octanol–water partition coefficient (Wildman–Crippen LogP) is 3.74. The number of aromatic nitrogens is 1. The zero-order chi connectivity index (χ0) is 19.1. The lowest BCUT2D eigenvalue weighted by atomic mass is 10.1. The molecule has 0 bridgehead atoms. The van der Waals surface area contributed by atoms with Crippen LogP contribution in [0, 0.1) is 0 Å². The summed E-state index contributed by atoms with van der Waals surface area (Å²) in [4.78, 5) is 16.8. The van der Waals surface area contributed by atoms with Crippen LogP contribution >= 0.6 is 0 Å². The zero-order valence-corrected chi connectivity index (χ0v) is 15.4. The highest BCUT2D eigenvalue weighted by Crippen LogP contribution is 2.21. The average molecular weight is 362 g/mol. The molecule has 0 saturated heterocycles. The molecule has 0 spiro atoms. The highest BCUT2D eigenvalue weighted by molar-refractivity contribution is 5.95. The SMILES string of the molecule is COc1ccc(CCNC(=O)c2ccnc(-c3ccc(OC)cc3)c2)cc1. The first-order valence-corrected chi connectivity index (χ1v) is 8.71. The van der Waals surface area contributed by atoms with Crippen LogP contribution in [-0.2, 0) is 6.42 Å². The van der Waals surface area contributed by atoms with Crippen LogP contribution in [0.15, 0.2) is 66.9 Å². The number of nitrogens with one attached hydrogen (secondary N) is 1. The monoisotopic (exact) mass is 362 g/mol. The first-order chi connectivity index (χ1) is 13.2. The maximum absolute atomic E-state index is 12.4. The molecule has 3 aromatic rings. The van der Waals surface area contributed by atoms with Crippen LogP contribution in [0.3, 0.4) is 0 Å². The summed E-state index contributed by atoms with van der Waals surface area (Å²) >= 11 is 0. The summed E-state index contributed by atoms with van der Waals surface area (Å²) in [6.45, 7) is 0.561. The molecule has 1 N–H and O–H groups in total. The molecular weight excluding hydrogens is 340 g/mol. The summed E-state index contributed by atoms with van der Waals surface area (Å²) < 4.78 is 10.3. The molecule has 0 saturated carbocycles. The van der Waals surface area contributed by atoms with Crippen molar-refractivity contribution in [3.05, 3.63) is 78.0 Å². The van der Waals surface area contributed by atoms with E-state index >= 15 is 0 Å². The molecule has 5 nitrogen and oxygen atoms in total. The van der Waals surface area contributed by atoms with E-state index in [1.807, 2.05) is 48.5 Å². The Morgan fingerprint density at radius 3 is 2.19 bits per heavy atom. The van der Waals surface area contributed by atoms with Crippen LogP contribution in [-0.4, -0.2) is 31.7 Å². The van der Waals surface area contributed by atoms with Gasteiger partial charge in [-0.25, -0.2) is 0 Å². The van der Waals surface area contributed by atoms with E-state index in [1.165, 1.54) is 0 Å². The number of benzene rings is 2. The number of pyridine rings is 1. The molecule has 0 fully saturated rings. The molecule has 0 aliphatic heterocycles. The number of hydrogen-bond acceptors (Lipinski definition) is 4. The number of hydrogen-bond donors (Lipinski definition) is 1. The van der Waals surface area contributed by atoms with Crippen LogP contribution in [0.5, 0.6) is 11.5 Å². The maximum Gasteiger partial charge on any atom is 0.251 e. The number of carbonyl (C=O) groups excluding carboxylic acids is 1. The second kappa shape index (κ2) is 8.85. The van der Waals surface area contributed by atoms with E-state index in [0.29, 0.717) is 12.1 Å². The Morgan fingerprint density at radius 1 is 0.926 bits per heavy atom. The van der Waals surface area contributed by atoms with Gasteiger partial charge in [0.2, 0.25) is 0 Å². The largest absolute Gasteiger partial charge is 0.497 e. The van der Waals surface area contributed by atoms with E-state index in [-0.39, 0.29) is 5.91 Å². The van der Waals surface area contributed by atoms with Gasteiger partial charge in [-0.05, 0) is 60.5 Å². The first kappa shape index (κ1) is 18.5. The number of amides is 1. The summed E-state index contributed by atoms with van der Waals surface area (Å²) in [5.41, 5.74) is 3.42.